The van der Waals surface area contributed by atoms with E-state index in [1.807, 2.05) is 27.7 Å². The lowest BCUT2D eigenvalue weighted by molar-refractivity contribution is -0.146. The van der Waals surface area contributed by atoms with Crippen LogP contribution in [0.5, 0.6) is 5.88 Å². The summed E-state index contributed by atoms with van der Waals surface area (Å²) in [6.45, 7) is 11.6. The molecule has 0 amide bonds. The van der Waals surface area contributed by atoms with Gasteiger partial charge in [0, 0.05) is 12.3 Å². The molecule has 0 aromatic carbocycles. The highest BCUT2D eigenvalue weighted by atomic mass is 31.2. The molecule has 43 heavy (non-hydrogen) atoms. The van der Waals surface area contributed by atoms with Gasteiger partial charge in [-0.3, -0.25) is 18.7 Å². The topological polar surface area (TPSA) is 197 Å². The van der Waals surface area contributed by atoms with Gasteiger partial charge in [-0.1, -0.05) is 27.7 Å². The Hall–Kier alpha value is -2.39. The zero-order valence-corrected chi connectivity index (χ0v) is 27.0. The maximum absolute atomic E-state index is 14.4. The molecular formula is C27H47N4O11P. The fourth-order valence-corrected chi connectivity index (χ4v) is 6.42. The van der Waals surface area contributed by atoms with Gasteiger partial charge in [-0.25, -0.2) is 15.0 Å². The highest BCUT2D eigenvalue weighted by Crippen LogP contribution is 2.44. The predicted octanol–water partition coefficient (Wildman–Crippen LogP) is 1.52. The summed E-state index contributed by atoms with van der Waals surface area (Å²) in [5, 5.41) is 27.5. The Kier molecular flexibility index (Phi) is 13.8. The number of esters is 2. The number of aromatic nitrogens is 2. The van der Waals surface area contributed by atoms with Crippen LogP contribution in [0.1, 0.15) is 67.5 Å². The van der Waals surface area contributed by atoms with Crippen LogP contribution >= 0.6 is 7.67 Å². The highest BCUT2D eigenvalue weighted by molar-refractivity contribution is 7.54. The molecule has 2 rings (SSSR count). The average molecular weight is 635 g/mol. The number of carbonyl (C=O) groups excluding carboxylic acids is 2. The number of aliphatic hydroxyl groups excluding tert-OH is 1. The van der Waals surface area contributed by atoms with Gasteiger partial charge >= 0.3 is 25.3 Å². The molecule has 1 aliphatic rings. The molecule has 6 atom stereocenters. The van der Waals surface area contributed by atoms with Crippen molar-refractivity contribution in [1.29, 1.82) is 0 Å². The number of nitrogens with one attached hydrogen (secondary N) is 2. The molecule has 1 aromatic heterocycles. The van der Waals surface area contributed by atoms with Gasteiger partial charge in [0.25, 0.3) is 0 Å². The van der Waals surface area contributed by atoms with Crippen LogP contribution in [0.4, 0.5) is 0 Å². The molecule has 1 fully saturated rings. The summed E-state index contributed by atoms with van der Waals surface area (Å²) < 4.78 is 42.3. The van der Waals surface area contributed by atoms with Gasteiger partial charge in [0.05, 0.1) is 26.9 Å². The van der Waals surface area contributed by atoms with Crippen LogP contribution < -0.4 is 20.6 Å². The molecule has 16 heteroatoms. The molecule has 0 spiro atoms. The van der Waals surface area contributed by atoms with Crippen molar-refractivity contribution in [3.05, 3.63) is 22.7 Å². The first-order chi connectivity index (χ1) is 20.1. The van der Waals surface area contributed by atoms with Crippen LogP contribution in [-0.4, -0.2) is 88.5 Å². The van der Waals surface area contributed by atoms with Crippen molar-refractivity contribution in [2.75, 3.05) is 26.9 Å². The molecule has 1 aliphatic heterocycles. The van der Waals surface area contributed by atoms with Gasteiger partial charge in [-0.2, -0.15) is 4.98 Å². The second-order valence-electron chi connectivity index (χ2n) is 11.3. The minimum absolute atomic E-state index is 0.0147. The van der Waals surface area contributed by atoms with Crippen molar-refractivity contribution in [2.24, 2.45) is 11.8 Å². The van der Waals surface area contributed by atoms with Gasteiger partial charge in [-0.15, -0.1) is 0 Å². The largest absolute Gasteiger partial charge is 0.481 e. The molecule has 0 radical (unpaired) electrons. The number of carbonyl (C=O) groups is 2. The number of nitrogens with zero attached hydrogens (tertiary/aromatic N) is 2. The number of ether oxygens (including phenoxy) is 4. The smallest absolute Gasteiger partial charge is 0.353 e. The third-order valence-electron chi connectivity index (χ3n) is 6.65. The third kappa shape index (κ3) is 10.1. The number of hydrogen-bond acceptors (Lipinski definition) is 12. The number of methoxy groups -OCH3 is 1. The fraction of sp³-hybridized carbons (Fsp3) is 0.778. The van der Waals surface area contributed by atoms with E-state index in [2.05, 4.69) is 15.2 Å². The number of aliphatic hydroxyl groups is 2. The van der Waals surface area contributed by atoms with Crippen molar-refractivity contribution in [2.45, 2.75) is 97.4 Å². The molecule has 2 heterocycles. The van der Waals surface area contributed by atoms with Crippen LogP contribution in [0.15, 0.2) is 17.1 Å². The Bertz CT molecular complexity index is 1140. The normalized spacial score (nSPS) is 24.9. The molecule has 1 aromatic rings. The van der Waals surface area contributed by atoms with Crippen LogP contribution in [0.3, 0.4) is 0 Å². The van der Waals surface area contributed by atoms with Crippen LogP contribution in [-0.2, 0) is 32.9 Å². The van der Waals surface area contributed by atoms with E-state index in [1.54, 1.807) is 13.8 Å². The standard InChI is InChI=1S/C27H47N4O11P/c1-9-39-23(33)18(13-16(3)4)29-43(37,30-19(14-17(5)6)24(34)40-10-2)41-15-20-22(32)27(7,36)25(42-20)31-12-11-21(38-8)28-26(31)35/h11-12,16-20,22,25,32,36H,9-10,13-15H2,1-8H3,(H2,29,30,37)/t18?,19?,20-,22?,25-,27+,43?/m1/s1. The van der Waals surface area contributed by atoms with E-state index >= 15 is 0 Å². The van der Waals surface area contributed by atoms with E-state index < -0.39 is 68.0 Å². The lowest BCUT2D eigenvalue weighted by Crippen LogP contribution is -2.47. The van der Waals surface area contributed by atoms with E-state index in [9.17, 15) is 29.2 Å². The first-order valence-corrected chi connectivity index (χ1v) is 16.0. The molecule has 0 saturated carbocycles. The number of hydrogen-bond donors (Lipinski definition) is 4. The maximum atomic E-state index is 14.4. The molecule has 3 unspecified atom stereocenters. The van der Waals surface area contributed by atoms with Gasteiger partial charge in [0.1, 0.15) is 29.9 Å². The Morgan fingerprint density at radius 1 is 1.09 bits per heavy atom. The third-order valence-corrected chi connectivity index (χ3v) is 8.47. The van der Waals surface area contributed by atoms with Crippen LogP contribution in [0.2, 0.25) is 0 Å². The van der Waals surface area contributed by atoms with E-state index in [1.165, 1.54) is 26.3 Å². The monoisotopic (exact) mass is 634 g/mol. The molecule has 0 aliphatic carbocycles. The Labute approximate surface area is 252 Å². The van der Waals surface area contributed by atoms with Crippen molar-refractivity contribution in [3.8, 4) is 5.88 Å². The summed E-state index contributed by atoms with van der Waals surface area (Å²) in [5.74, 6) is -1.31. The zero-order chi connectivity index (χ0) is 32.5. The number of rotatable bonds is 17. The Balaban J connectivity index is 2.40. The van der Waals surface area contributed by atoms with E-state index in [4.69, 9.17) is 23.5 Å². The van der Waals surface area contributed by atoms with Crippen molar-refractivity contribution in [3.63, 3.8) is 0 Å². The lowest BCUT2D eigenvalue weighted by atomic mass is 9.96. The summed E-state index contributed by atoms with van der Waals surface area (Å²) in [6, 6.07) is -0.767. The summed E-state index contributed by atoms with van der Waals surface area (Å²) in [4.78, 5) is 41.9. The van der Waals surface area contributed by atoms with E-state index in [0.717, 1.165) is 4.57 Å². The molecular weight excluding hydrogens is 587 g/mol. The second-order valence-corrected chi connectivity index (χ2v) is 13.2. The lowest BCUT2D eigenvalue weighted by Gasteiger charge is -2.30. The Morgan fingerprint density at radius 3 is 2.02 bits per heavy atom. The van der Waals surface area contributed by atoms with Crippen LogP contribution in [0.25, 0.3) is 0 Å². The zero-order valence-electron chi connectivity index (χ0n) is 26.1. The first-order valence-electron chi connectivity index (χ1n) is 14.4. The SMILES string of the molecule is CCOC(=O)C(CC(C)C)NP(=O)(NC(CC(C)C)C(=O)OCC)OC[C@H]1O[C@@H](n2ccc(OC)nc2=O)[C@@](C)(O)C1O. The van der Waals surface area contributed by atoms with Crippen molar-refractivity contribution in [1.82, 2.24) is 19.7 Å². The summed E-state index contributed by atoms with van der Waals surface area (Å²) in [6.07, 6.45) is -2.52. The summed E-state index contributed by atoms with van der Waals surface area (Å²) in [5.41, 5.74) is -2.79. The van der Waals surface area contributed by atoms with E-state index in [-0.39, 0.29) is 43.8 Å². The van der Waals surface area contributed by atoms with Gasteiger partial charge in [-0.05, 0) is 45.4 Å². The molecule has 246 valence electrons. The second kappa shape index (κ2) is 16.1. The van der Waals surface area contributed by atoms with Crippen LogP contribution in [0, 0.1) is 11.8 Å². The fourth-order valence-electron chi connectivity index (χ4n) is 4.60. The Morgan fingerprint density at radius 2 is 1.60 bits per heavy atom. The van der Waals surface area contributed by atoms with Crippen molar-refractivity contribution < 1.29 is 47.8 Å². The minimum atomic E-state index is -4.30. The summed E-state index contributed by atoms with van der Waals surface area (Å²) in [7, 11) is -2.96. The van der Waals surface area contributed by atoms with Gasteiger partial charge in [0.2, 0.25) is 5.88 Å². The van der Waals surface area contributed by atoms with Gasteiger partial charge in [0.15, 0.2) is 6.23 Å². The summed E-state index contributed by atoms with van der Waals surface area (Å²) >= 11 is 0. The molecule has 0 bridgehead atoms. The van der Waals surface area contributed by atoms with Gasteiger partial charge < -0.3 is 33.7 Å². The average Bonchev–Trinajstić information content (AvgIpc) is 3.14. The maximum Gasteiger partial charge on any atom is 0.353 e. The highest BCUT2D eigenvalue weighted by Gasteiger charge is 2.54. The predicted molar refractivity (Wildman–Crippen MR) is 155 cm³/mol. The molecule has 1 saturated heterocycles. The first kappa shape index (κ1) is 36.8. The molecule has 4 N–H and O–H groups in total. The van der Waals surface area contributed by atoms with Crippen molar-refractivity contribution >= 4 is 19.6 Å². The molecule has 15 nitrogen and oxygen atoms in total. The minimum Gasteiger partial charge on any atom is -0.481 e. The van der Waals surface area contributed by atoms with E-state index in [0.29, 0.717) is 0 Å². The quantitative estimate of drug-likeness (QED) is 0.142.